The molecule has 6 nitrogen and oxygen atoms in total. The van der Waals surface area contributed by atoms with E-state index in [0.29, 0.717) is 5.57 Å². The van der Waals surface area contributed by atoms with Gasteiger partial charge in [0, 0.05) is 32.1 Å². The van der Waals surface area contributed by atoms with Crippen LogP contribution in [0.4, 0.5) is 0 Å². The largest absolute Gasteiger partial charge is 0.437 e. The predicted molar refractivity (Wildman–Crippen MR) is 92.8 cm³/mol. The zero-order chi connectivity index (χ0) is 17.4. The molecule has 0 aliphatic carbocycles. The molecule has 2 heterocycles. The number of fused-ring (bicyclic) bond motifs is 1. The number of nitrogens with zero attached hydrogens (tertiary/aromatic N) is 3. The molecule has 2 aliphatic rings. The molecule has 2 fully saturated rings. The van der Waals surface area contributed by atoms with Crippen molar-refractivity contribution >= 4 is 18.8 Å². The summed E-state index contributed by atoms with van der Waals surface area (Å²) in [5.41, 5.74) is 0.579. The van der Waals surface area contributed by atoms with Gasteiger partial charge in [-0.25, -0.2) is 0 Å². The molecule has 0 aromatic heterocycles. The van der Waals surface area contributed by atoms with Crippen molar-refractivity contribution in [2.24, 2.45) is 0 Å². The van der Waals surface area contributed by atoms with E-state index >= 15 is 0 Å². The Balaban J connectivity index is 2.45. The van der Waals surface area contributed by atoms with Crippen molar-refractivity contribution in [3.8, 4) is 6.07 Å². The molecule has 0 saturated carbocycles. The smallest absolute Gasteiger partial charge is 0.377 e. The average molecular weight is 339 g/mol. The van der Waals surface area contributed by atoms with Gasteiger partial charge >= 0.3 is 7.05 Å². The molecule has 8 heteroatoms. The Bertz CT molecular complexity index is 507. The van der Waals surface area contributed by atoms with Crippen LogP contribution in [0, 0.1) is 11.3 Å². The van der Waals surface area contributed by atoms with Crippen molar-refractivity contribution in [1.82, 2.24) is 9.71 Å². The molecule has 2 saturated heterocycles. The zero-order valence-corrected chi connectivity index (χ0v) is 15.5. The van der Waals surface area contributed by atoms with Crippen LogP contribution in [0.5, 0.6) is 0 Å². The third-order valence-electron chi connectivity index (χ3n) is 4.17. The molecular formula is C15H26BN3O3S. The van der Waals surface area contributed by atoms with Crippen LogP contribution in [-0.4, -0.2) is 78.0 Å². The maximum absolute atomic E-state index is 10.3. The molecule has 1 N–H and O–H groups in total. The maximum atomic E-state index is 10.3. The molecule has 4 atom stereocenters. The molecule has 0 bridgehead atoms. The predicted octanol–water partition coefficient (Wildman–Crippen LogP) is 1.00. The SMILES string of the molecule is CSC[C@@H]1[C@H]2OC(C)(C)O[C@H]2[C@H](/C(C#N)=C/N(C)C)N1B(C)O. The first-order chi connectivity index (χ1) is 10.7. The topological polar surface area (TPSA) is 69.0 Å². The van der Waals surface area contributed by atoms with Gasteiger partial charge in [0.2, 0.25) is 0 Å². The summed E-state index contributed by atoms with van der Waals surface area (Å²) in [6.45, 7) is 5.52. The molecule has 0 radical (unpaired) electrons. The van der Waals surface area contributed by atoms with Crippen LogP contribution < -0.4 is 0 Å². The van der Waals surface area contributed by atoms with E-state index in [-0.39, 0.29) is 24.3 Å². The van der Waals surface area contributed by atoms with E-state index in [4.69, 9.17) is 9.47 Å². The molecule has 0 spiro atoms. The second-order valence-corrected chi connectivity index (χ2v) is 7.68. The third-order valence-corrected chi connectivity index (χ3v) is 4.85. The van der Waals surface area contributed by atoms with Crippen LogP contribution in [0.2, 0.25) is 6.82 Å². The van der Waals surface area contributed by atoms with E-state index in [0.717, 1.165) is 5.75 Å². The van der Waals surface area contributed by atoms with Crippen LogP contribution in [0.25, 0.3) is 0 Å². The average Bonchev–Trinajstić information content (AvgIpc) is 2.88. The molecule has 2 aliphatic heterocycles. The number of hydrogen-bond acceptors (Lipinski definition) is 7. The minimum Gasteiger partial charge on any atom is -0.437 e. The second-order valence-electron chi connectivity index (χ2n) is 6.77. The van der Waals surface area contributed by atoms with Gasteiger partial charge in [-0.05, 0) is 26.9 Å². The van der Waals surface area contributed by atoms with E-state index in [1.165, 1.54) is 0 Å². The van der Waals surface area contributed by atoms with Crippen LogP contribution in [0.3, 0.4) is 0 Å². The quantitative estimate of drug-likeness (QED) is 0.592. The van der Waals surface area contributed by atoms with Crippen LogP contribution >= 0.6 is 11.8 Å². The Kier molecular flexibility index (Phi) is 5.70. The Hall–Kier alpha value is -0.715. The lowest BCUT2D eigenvalue weighted by Gasteiger charge is -2.34. The summed E-state index contributed by atoms with van der Waals surface area (Å²) in [7, 11) is 3.08. The van der Waals surface area contributed by atoms with E-state index in [1.54, 1.807) is 24.8 Å². The van der Waals surface area contributed by atoms with Crippen molar-refractivity contribution in [1.29, 1.82) is 5.26 Å². The molecular weight excluding hydrogens is 313 g/mol. The Morgan fingerprint density at radius 3 is 2.52 bits per heavy atom. The minimum absolute atomic E-state index is 0.000636. The fourth-order valence-electron chi connectivity index (χ4n) is 3.55. The maximum Gasteiger partial charge on any atom is 0.377 e. The number of rotatable bonds is 5. The molecule has 128 valence electrons. The van der Waals surface area contributed by atoms with Gasteiger partial charge in [0.05, 0.1) is 17.7 Å². The first-order valence-electron chi connectivity index (χ1n) is 7.80. The Morgan fingerprint density at radius 1 is 1.43 bits per heavy atom. The van der Waals surface area contributed by atoms with Crippen LogP contribution in [0.1, 0.15) is 13.8 Å². The van der Waals surface area contributed by atoms with E-state index in [2.05, 4.69) is 6.07 Å². The number of thioether (sulfide) groups is 1. The van der Waals surface area contributed by atoms with E-state index in [9.17, 15) is 10.3 Å². The lowest BCUT2D eigenvalue weighted by molar-refractivity contribution is -0.160. The summed E-state index contributed by atoms with van der Waals surface area (Å²) in [5, 5.41) is 20.0. The standard InChI is InChI=1S/C15H26BN3O3S/c1-15(2)21-13-11(9-23-6)19(16(3)20)12(14(13)22-15)10(7-17)8-18(4)5/h8,11-14,20H,9H2,1-6H3/b10-8+/t11-,12+,13-,14+/m1/s1. The third kappa shape index (κ3) is 3.70. The summed E-state index contributed by atoms with van der Waals surface area (Å²) in [6.07, 6.45) is 3.41. The first-order valence-corrected chi connectivity index (χ1v) is 9.19. The van der Waals surface area contributed by atoms with Gasteiger partial charge in [0.25, 0.3) is 0 Å². The Morgan fingerprint density at radius 2 is 2.04 bits per heavy atom. The lowest BCUT2D eigenvalue weighted by atomic mass is 9.81. The second kappa shape index (κ2) is 7.03. The summed E-state index contributed by atoms with van der Waals surface area (Å²) < 4.78 is 12.2. The highest BCUT2D eigenvalue weighted by molar-refractivity contribution is 7.98. The molecule has 0 amide bonds. The fourth-order valence-corrected chi connectivity index (χ4v) is 4.26. The van der Waals surface area contributed by atoms with E-state index in [1.807, 2.05) is 43.9 Å². The van der Waals surface area contributed by atoms with Gasteiger partial charge in [0.15, 0.2) is 5.79 Å². The molecule has 23 heavy (non-hydrogen) atoms. The highest BCUT2D eigenvalue weighted by Gasteiger charge is 2.59. The highest BCUT2D eigenvalue weighted by atomic mass is 32.2. The fraction of sp³-hybridized carbons (Fsp3) is 0.800. The summed E-state index contributed by atoms with van der Waals surface area (Å²) in [4.78, 5) is 3.80. The van der Waals surface area contributed by atoms with Crippen molar-refractivity contribution in [3.05, 3.63) is 11.8 Å². The van der Waals surface area contributed by atoms with Gasteiger partial charge in [-0.15, -0.1) is 0 Å². The summed E-state index contributed by atoms with van der Waals surface area (Å²) >= 11 is 1.70. The lowest BCUT2D eigenvalue weighted by Crippen LogP contribution is -2.51. The number of ether oxygens (including phenoxy) is 2. The van der Waals surface area contributed by atoms with Crippen LogP contribution in [0.15, 0.2) is 11.8 Å². The normalized spacial score (nSPS) is 33.4. The minimum atomic E-state index is -0.683. The molecule has 0 aromatic carbocycles. The van der Waals surface area contributed by atoms with E-state index < -0.39 is 12.8 Å². The van der Waals surface area contributed by atoms with Gasteiger partial charge in [-0.1, -0.05) is 0 Å². The van der Waals surface area contributed by atoms with Crippen molar-refractivity contribution in [3.63, 3.8) is 0 Å². The highest BCUT2D eigenvalue weighted by Crippen LogP contribution is 2.43. The molecule has 0 aromatic rings. The van der Waals surface area contributed by atoms with Crippen molar-refractivity contribution < 1.29 is 14.5 Å². The summed E-state index contributed by atoms with van der Waals surface area (Å²) in [5.74, 6) is 0.135. The van der Waals surface area contributed by atoms with Gasteiger partial charge < -0.3 is 24.2 Å². The Labute approximate surface area is 143 Å². The van der Waals surface area contributed by atoms with Crippen molar-refractivity contribution in [2.45, 2.75) is 50.7 Å². The monoisotopic (exact) mass is 339 g/mol. The summed E-state index contributed by atoms with van der Waals surface area (Å²) in [6, 6.07) is 1.97. The first kappa shape index (κ1) is 18.6. The number of hydrogen-bond donors (Lipinski definition) is 1. The van der Waals surface area contributed by atoms with Gasteiger partial charge in [0.1, 0.15) is 12.2 Å². The van der Waals surface area contributed by atoms with Gasteiger partial charge in [-0.3, -0.25) is 0 Å². The van der Waals surface area contributed by atoms with Crippen molar-refractivity contribution in [2.75, 3.05) is 26.1 Å². The van der Waals surface area contributed by atoms with Gasteiger partial charge in [-0.2, -0.15) is 17.0 Å². The van der Waals surface area contributed by atoms with Crippen LogP contribution in [-0.2, 0) is 9.47 Å². The number of nitriles is 1. The zero-order valence-electron chi connectivity index (χ0n) is 14.7. The molecule has 0 unspecified atom stereocenters. The molecule has 2 rings (SSSR count).